The van der Waals surface area contributed by atoms with Crippen molar-refractivity contribution in [2.24, 2.45) is 0 Å². The molecule has 1 fully saturated rings. The molecule has 1 aromatic heterocycles. The number of nitrogens with zero attached hydrogens (tertiary/aromatic N) is 1. The molecule has 12 heavy (non-hydrogen) atoms. The van der Waals surface area contributed by atoms with Gasteiger partial charge in [0.1, 0.15) is 10.3 Å². The van der Waals surface area contributed by atoms with Crippen LogP contribution < -0.4 is 0 Å². The van der Waals surface area contributed by atoms with E-state index in [-0.39, 0.29) is 0 Å². The first kappa shape index (κ1) is 8.30. The van der Waals surface area contributed by atoms with Crippen molar-refractivity contribution in [3.05, 3.63) is 28.0 Å². The molecule has 1 saturated heterocycles. The number of rotatable bonds is 1. The lowest BCUT2D eigenvalue weighted by molar-refractivity contribution is 0.00833. The van der Waals surface area contributed by atoms with Crippen molar-refractivity contribution in [3.63, 3.8) is 0 Å². The summed E-state index contributed by atoms with van der Waals surface area (Å²) in [5.74, 6) is 0.405. The molecule has 2 heterocycles. The number of pyridine rings is 1. The van der Waals surface area contributed by atoms with Crippen LogP contribution in [-0.2, 0) is 4.74 Å². The summed E-state index contributed by atoms with van der Waals surface area (Å²) in [4.78, 5) is 3.95. The lowest BCUT2D eigenvalue weighted by Crippen LogP contribution is -2.25. The van der Waals surface area contributed by atoms with Crippen LogP contribution in [-0.4, -0.2) is 18.2 Å². The van der Waals surface area contributed by atoms with E-state index in [1.165, 1.54) is 0 Å². The topological polar surface area (TPSA) is 22.1 Å². The molecule has 0 aromatic carbocycles. The van der Waals surface area contributed by atoms with Crippen molar-refractivity contribution in [2.45, 2.75) is 5.92 Å². The highest BCUT2D eigenvalue weighted by Crippen LogP contribution is 2.29. The van der Waals surface area contributed by atoms with Gasteiger partial charge in [-0.3, -0.25) is 0 Å². The third-order valence-corrected chi connectivity index (χ3v) is 2.43. The van der Waals surface area contributed by atoms with Gasteiger partial charge >= 0.3 is 0 Å². The molecule has 64 valence electrons. The van der Waals surface area contributed by atoms with Crippen molar-refractivity contribution in [3.8, 4) is 0 Å². The molecular formula is C8H7Cl2NO. The number of hydrogen-bond donors (Lipinski definition) is 0. The van der Waals surface area contributed by atoms with E-state index < -0.39 is 0 Å². The van der Waals surface area contributed by atoms with Gasteiger partial charge in [0.15, 0.2) is 0 Å². The Morgan fingerprint density at radius 1 is 1.33 bits per heavy atom. The van der Waals surface area contributed by atoms with Crippen molar-refractivity contribution in [1.82, 2.24) is 4.98 Å². The third-order valence-electron chi connectivity index (χ3n) is 1.92. The minimum absolute atomic E-state index is 0.405. The predicted octanol–water partition coefficient (Wildman–Crippen LogP) is 2.50. The second kappa shape index (κ2) is 3.21. The van der Waals surface area contributed by atoms with Crippen LogP contribution in [0.25, 0.3) is 0 Å². The smallest absolute Gasteiger partial charge is 0.134 e. The van der Waals surface area contributed by atoms with Gasteiger partial charge in [-0.15, -0.1) is 0 Å². The fourth-order valence-electron chi connectivity index (χ4n) is 1.14. The van der Waals surface area contributed by atoms with Crippen LogP contribution in [0.15, 0.2) is 12.1 Å². The van der Waals surface area contributed by atoms with E-state index in [4.69, 9.17) is 27.9 Å². The molecule has 0 spiro atoms. The Balaban J connectivity index is 2.31. The van der Waals surface area contributed by atoms with Crippen molar-refractivity contribution < 1.29 is 4.74 Å². The van der Waals surface area contributed by atoms with Gasteiger partial charge in [0, 0.05) is 5.92 Å². The normalized spacial score (nSPS) is 17.5. The number of halogens is 2. The van der Waals surface area contributed by atoms with Crippen LogP contribution in [0.5, 0.6) is 0 Å². The van der Waals surface area contributed by atoms with E-state index in [2.05, 4.69) is 4.98 Å². The van der Waals surface area contributed by atoms with Gasteiger partial charge in [-0.1, -0.05) is 29.3 Å². The van der Waals surface area contributed by atoms with Gasteiger partial charge in [-0.2, -0.15) is 0 Å². The van der Waals surface area contributed by atoms with Crippen LogP contribution in [0.4, 0.5) is 0 Å². The molecule has 0 N–H and O–H groups in total. The molecule has 0 saturated carbocycles. The third kappa shape index (κ3) is 1.42. The molecule has 0 bridgehead atoms. The Morgan fingerprint density at radius 3 is 2.58 bits per heavy atom. The second-order valence-electron chi connectivity index (χ2n) is 2.75. The largest absolute Gasteiger partial charge is 0.380 e. The highest BCUT2D eigenvalue weighted by atomic mass is 35.5. The van der Waals surface area contributed by atoms with Gasteiger partial charge < -0.3 is 4.74 Å². The number of ether oxygens (including phenoxy) is 1. The Hall–Kier alpha value is -0.310. The number of aromatic nitrogens is 1. The maximum atomic E-state index is 5.89. The van der Waals surface area contributed by atoms with Gasteiger partial charge in [0.25, 0.3) is 0 Å². The average molecular weight is 204 g/mol. The fourth-order valence-corrected chi connectivity index (χ4v) is 1.64. The van der Waals surface area contributed by atoms with Crippen LogP contribution in [0.2, 0.25) is 10.3 Å². The summed E-state index contributed by atoms with van der Waals surface area (Å²) in [7, 11) is 0. The van der Waals surface area contributed by atoms with E-state index in [0.29, 0.717) is 16.2 Å². The van der Waals surface area contributed by atoms with Crippen LogP contribution in [0, 0.1) is 0 Å². The van der Waals surface area contributed by atoms with Gasteiger partial charge in [0.2, 0.25) is 0 Å². The first-order valence-corrected chi connectivity index (χ1v) is 4.42. The molecule has 1 aliphatic rings. The number of hydrogen-bond acceptors (Lipinski definition) is 2. The van der Waals surface area contributed by atoms with Crippen LogP contribution in [0.3, 0.4) is 0 Å². The molecule has 0 amide bonds. The fraction of sp³-hybridized carbons (Fsp3) is 0.375. The SMILES string of the molecule is Clc1ccc(C2COC2)c(Cl)n1. The summed E-state index contributed by atoms with van der Waals surface area (Å²) in [6.45, 7) is 1.48. The molecule has 0 unspecified atom stereocenters. The molecule has 1 aliphatic heterocycles. The Labute approximate surface area is 80.5 Å². The second-order valence-corrected chi connectivity index (χ2v) is 3.49. The average Bonchev–Trinajstić information content (AvgIpc) is 1.91. The summed E-state index contributed by atoms with van der Waals surface area (Å²) in [6.07, 6.45) is 0. The Kier molecular flexibility index (Phi) is 2.22. The Morgan fingerprint density at radius 2 is 2.08 bits per heavy atom. The minimum Gasteiger partial charge on any atom is -0.380 e. The molecular weight excluding hydrogens is 197 g/mol. The predicted molar refractivity (Wildman–Crippen MR) is 47.8 cm³/mol. The van der Waals surface area contributed by atoms with Crippen LogP contribution in [0.1, 0.15) is 11.5 Å². The maximum Gasteiger partial charge on any atom is 0.134 e. The molecule has 0 radical (unpaired) electrons. The summed E-state index contributed by atoms with van der Waals surface area (Å²) >= 11 is 11.5. The zero-order valence-electron chi connectivity index (χ0n) is 6.26. The summed E-state index contributed by atoms with van der Waals surface area (Å²) in [5.41, 5.74) is 1.03. The quantitative estimate of drug-likeness (QED) is 0.655. The van der Waals surface area contributed by atoms with Crippen molar-refractivity contribution >= 4 is 23.2 Å². The monoisotopic (exact) mass is 203 g/mol. The minimum atomic E-state index is 0.405. The van der Waals surface area contributed by atoms with Crippen LogP contribution >= 0.6 is 23.2 Å². The lowest BCUT2D eigenvalue weighted by Gasteiger charge is -2.26. The van der Waals surface area contributed by atoms with Gasteiger partial charge in [0.05, 0.1) is 13.2 Å². The zero-order valence-corrected chi connectivity index (χ0v) is 7.77. The van der Waals surface area contributed by atoms with E-state index in [1.807, 2.05) is 6.07 Å². The first-order valence-electron chi connectivity index (χ1n) is 3.67. The van der Waals surface area contributed by atoms with E-state index in [1.54, 1.807) is 6.07 Å². The maximum absolute atomic E-state index is 5.89. The molecule has 2 nitrogen and oxygen atoms in total. The zero-order chi connectivity index (χ0) is 8.55. The molecule has 4 heteroatoms. The van der Waals surface area contributed by atoms with Gasteiger partial charge in [-0.05, 0) is 11.6 Å². The summed E-state index contributed by atoms with van der Waals surface area (Å²) in [5, 5.41) is 0.930. The summed E-state index contributed by atoms with van der Waals surface area (Å²) < 4.78 is 5.06. The van der Waals surface area contributed by atoms with E-state index in [0.717, 1.165) is 18.8 Å². The van der Waals surface area contributed by atoms with E-state index in [9.17, 15) is 0 Å². The van der Waals surface area contributed by atoms with Crippen molar-refractivity contribution in [1.29, 1.82) is 0 Å². The summed E-state index contributed by atoms with van der Waals surface area (Å²) in [6, 6.07) is 3.66. The molecule has 2 rings (SSSR count). The molecule has 0 atom stereocenters. The lowest BCUT2D eigenvalue weighted by atomic mass is 10.00. The van der Waals surface area contributed by atoms with E-state index >= 15 is 0 Å². The highest BCUT2D eigenvalue weighted by Gasteiger charge is 2.23. The molecule has 0 aliphatic carbocycles. The highest BCUT2D eigenvalue weighted by molar-refractivity contribution is 6.32. The molecule has 1 aromatic rings. The van der Waals surface area contributed by atoms with Gasteiger partial charge in [-0.25, -0.2) is 4.98 Å². The first-order chi connectivity index (χ1) is 5.77. The van der Waals surface area contributed by atoms with Crippen molar-refractivity contribution in [2.75, 3.05) is 13.2 Å². The standard InChI is InChI=1S/C8H7Cl2NO/c9-7-2-1-6(8(10)11-7)5-3-12-4-5/h1-2,5H,3-4H2. The Bertz CT molecular complexity index is 299.